The summed E-state index contributed by atoms with van der Waals surface area (Å²) in [6, 6.07) is 1.20. The van der Waals surface area contributed by atoms with E-state index in [-0.39, 0.29) is 5.37 Å². The Hall–Kier alpha value is -0.950. The fourth-order valence-corrected chi connectivity index (χ4v) is 3.37. The number of hydrogen-bond donors (Lipinski definition) is 1. The van der Waals surface area contributed by atoms with Crippen LogP contribution in [0.5, 0.6) is 0 Å². The van der Waals surface area contributed by atoms with Gasteiger partial charge in [0.1, 0.15) is 5.82 Å². The molecule has 0 aliphatic carbocycles. The predicted molar refractivity (Wildman–Crippen MR) is 59.1 cm³/mol. The Bertz CT molecular complexity index is 449. The summed E-state index contributed by atoms with van der Waals surface area (Å²) in [6.45, 7) is 2.42. The van der Waals surface area contributed by atoms with Gasteiger partial charge in [-0.1, -0.05) is 11.8 Å². The van der Waals surface area contributed by atoms with Gasteiger partial charge in [-0.15, -0.1) is 0 Å². The molecule has 3 rings (SSSR count). The van der Waals surface area contributed by atoms with Crippen molar-refractivity contribution in [2.75, 3.05) is 24.5 Å². The monoisotopic (exact) mass is 261 g/mol. The Balaban J connectivity index is 1.97. The number of aromatic nitrogens is 1. The van der Waals surface area contributed by atoms with E-state index in [0.717, 1.165) is 25.8 Å². The van der Waals surface area contributed by atoms with Crippen LogP contribution < -0.4 is 10.2 Å². The summed E-state index contributed by atoms with van der Waals surface area (Å²) < 4.78 is 37.7. The van der Waals surface area contributed by atoms with Gasteiger partial charge in [0.15, 0.2) is 0 Å². The maximum absolute atomic E-state index is 12.6. The van der Waals surface area contributed by atoms with E-state index in [1.54, 1.807) is 0 Å². The van der Waals surface area contributed by atoms with Crippen molar-refractivity contribution in [2.45, 2.75) is 16.4 Å². The van der Waals surface area contributed by atoms with Crippen LogP contribution in [0.1, 0.15) is 5.56 Å². The molecule has 1 saturated heterocycles. The number of halogens is 3. The van der Waals surface area contributed by atoms with E-state index < -0.39 is 11.7 Å². The van der Waals surface area contributed by atoms with Gasteiger partial charge in [0.2, 0.25) is 0 Å². The smallest absolute Gasteiger partial charge is 0.341 e. The van der Waals surface area contributed by atoms with Crippen molar-refractivity contribution in [1.29, 1.82) is 0 Å². The number of piperazine rings is 1. The van der Waals surface area contributed by atoms with Crippen LogP contribution in [-0.2, 0) is 6.18 Å². The molecule has 3 nitrogen and oxygen atoms in total. The Morgan fingerprint density at radius 1 is 1.47 bits per heavy atom. The predicted octanol–water partition coefficient (Wildman–Crippen LogP) is 1.94. The Kier molecular flexibility index (Phi) is 2.48. The molecule has 1 aromatic rings. The molecule has 0 radical (unpaired) electrons. The van der Waals surface area contributed by atoms with E-state index in [1.165, 1.54) is 17.8 Å². The molecule has 0 amide bonds. The Morgan fingerprint density at radius 2 is 2.29 bits per heavy atom. The van der Waals surface area contributed by atoms with Crippen molar-refractivity contribution < 1.29 is 13.2 Å². The minimum atomic E-state index is -4.32. The summed E-state index contributed by atoms with van der Waals surface area (Å²) >= 11 is 1.45. The Morgan fingerprint density at radius 3 is 3.06 bits per heavy atom. The van der Waals surface area contributed by atoms with Gasteiger partial charge >= 0.3 is 6.18 Å². The normalized spacial score (nSPS) is 23.5. The molecule has 17 heavy (non-hydrogen) atoms. The molecule has 2 aliphatic rings. The second kappa shape index (κ2) is 3.78. The average molecular weight is 261 g/mol. The van der Waals surface area contributed by atoms with Gasteiger partial charge in [-0.3, -0.25) is 0 Å². The second-order valence-corrected chi connectivity index (χ2v) is 5.23. The summed E-state index contributed by atoms with van der Waals surface area (Å²) in [5.74, 6) is 0.689. The first-order valence-electron chi connectivity index (χ1n) is 5.27. The number of rotatable bonds is 0. The molecule has 7 heteroatoms. The molecule has 1 atom stereocenters. The highest BCUT2D eigenvalue weighted by Gasteiger charge is 2.37. The van der Waals surface area contributed by atoms with Crippen molar-refractivity contribution in [3.8, 4) is 0 Å². The number of hydrogen-bond acceptors (Lipinski definition) is 4. The highest BCUT2D eigenvalue weighted by Crippen LogP contribution is 2.44. The third-order valence-electron chi connectivity index (χ3n) is 2.89. The number of thioether (sulfide) groups is 1. The van der Waals surface area contributed by atoms with E-state index in [0.29, 0.717) is 10.7 Å². The van der Waals surface area contributed by atoms with Gasteiger partial charge in [-0.2, -0.15) is 13.2 Å². The van der Waals surface area contributed by atoms with Crippen LogP contribution in [0.15, 0.2) is 17.2 Å². The lowest BCUT2D eigenvalue weighted by Gasteiger charge is -2.30. The van der Waals surface area contributed by atoms with Crippen molar-refractivity contribution in [2.24, 2.45) is 0 Å². The molecule has 2 aliphatic heterocycles. The highest BCUT2D eigenvalue weighted by molar-refractivity contribution is 8.00. The van der Waals surface area contributed by atoms with Crippen molar-refractivity contribution in [3.63, 3.8) is 0 Å². The summed E-state index contributed by atoms with van der Waals surface area (Å²) in [7, 11) is 0. The van der Waals surface area contributed by atoms with Crippen molar-refractivity contribution >= 4 is 17.6 Å². The first kappa shape index (κ1) is 11.2. The highest BCUT2D eigenvalue weighted by atomic mass is 32.2. The number of alkyl halides is 3. The van der Waals surface area contributed by atoms with Crippen LogP contribution in [0, 0.1) is 0 Å². The van der Waals surface area contributed by atoms with Crippen LogP contribution in [0.2, 0.25) is 0 Å². The van der Waals surface area contributed by atoms with E-state index >= 15 is 0 Å². The lowest BCUT2D eigenvalue weighted by atomic mass is 10.2. The van der Waals surface area contributed by atoms with Gasteiger partial charge < -0.3 is 10.2 Å². The van der Waals surface area contributed by atoms with Crippen molar-refractivity contribution in [3.05, 3.63) is 17.8 Å². The minimum absolute atomic E-state index is 0.176. The van der Waals surface area contributed by atoms with E-state index in [9.17, 15) is 13.2 Å². The molecular weight excluding hydrogens is 251 g/mol. The van der Waals surface area contributed by atoms with E-state index in [2.05, 4.69) is 15.2 Å². The number of nitrogens with one attached hydrogen (secondary N) is 1. The molecule has 0 unspecified atom stereocenters. The number of nitrogens with zero attached hydrogens (tertiary/aromatic N) is 2. The summed E-state index contributed by atoms with van der Waals surface area (Å²) in [4.78, 5) is 6.67. The molecule has 0 bridgehead atoms. The molecule has 1 N–H and O–H groups in total. The summed E-state index contributed by atoms with van der Waals surface area (Å²) in [6.07, 6.45) is -3.40. The van der Waals surface area contributed by atoms with Crippen molar-refractivity contribution in [1.82, 2.24) is 10.3 Å². The quantitative estimate of drug-likeness (QED) is 0.772. The fourth-order valence-electron chi connectivity index (χ4n) is 2.07. The second-order valence-electron chi connectivity index (χ2n) is 4.01. The zero-order chi connectivity index (χ0) is 12.0. The maximum atomic E-state index is 12.6. The molecule has 0 spiro atoms. The number of pyridine rings is 1. The van der Waals surface area contributed by atoms with Crippen LogP contribution in [0.25, 0.3) is 0 Å². The van der Waals surface area contributed by atoms with Crippen LogP contribution in [-0.4, -0.2) is 30.0 Å². The standard InChI is InChI=1S/C10H10F3N3S/c11-10(12,13)6-3-7-9(15-4-6)16-2-1-14-5-8(16)17-7/h3-4,8,14H,1-2,5H2/t8-/m0/s1. The van der Waals surface area contributed by atoms with E-state index in [1.807, 2.05) is 0 Å². The average Bonchev–Trinajstić information content (AvgIpc) is 2.65. The molecule has 3 heterocycles. The van der Waals surface area contributed by atoms with Crippen LogP contribution >= 0.6 is 11.8 Å². The summed E-state index contributed by atoms with van der Waals surface area (Å²) in [5, 5.41) is 3.40. The molecule has 0 aromatic carbocycles. The van der Waals surface area contributed by atoms with Gasteiger partial charge in [0, 0.05) is 25.8 Å². The molecule has 92 valence electrons. The van der Waals surface area contributed by atoms with Gasteiger partial charge in [0.05, 0.1) is 15.8 Å². The first-order valence-corrected chi connectivity index (χ1v) is 6.15. The maximum Gasteiger partial charge on any atom is 0.417 e. The third-order valence-corrected chi connectivity index (χ3v) is 4.14. The molecular formula is C10H10F3N3S. The lowest BCUT2D eigenvalue weighted by Crippen LogP contribution is -2.47. The van der Waals surface area contributed by atoms with Crippen LogP contribution in [0.3, 0.4) is 0 Å². The van der Waals surface area contributed by atoms with Gasteiger partial charge in [-0.05, 0) is 6.07 Å². The first-order chi connectivity index (χ1) is 8.05. The Labute approximate surface area is 100 Å². The minimum Gasteiger partial charge on any atom is -0.341 e. The van der Waals surface area contributed by atoms with E-state index in [4.69, 9.17) is 0 Å². The topological polar surface area (TPSA) is 28.2 Å². The SMILES string of the molecule is FC(F)(F)c1cnc2c(c1)S[C@H]1CNCCN21. The van der Waals surface area contributed by atoms with Crippen LogP contribution in [0.4, 0.5) is 19.0 Å². The van der Waals surface area contributed by atoms with Gasteiger partial charge in [0.25, 0.3) is 0 Å². The van der Waals surface area contributed by atoms with Gasteiger partial charge in [-0.25, -0.2) is 4.98 Å². The third kappa shape index (κ3) is 1.87. The lowest BCUT2D eigenvalue weighted by molar-refractivity contribution is -0.138. The number of anilines is 1. The molecule has 1 fully saturated rings. The fraction of sp³-hybridized carbons (Fsp3) is 0.500. The summed E-state index contributed by atoms with van der Waals surface area (Å²) in [5.41, 5.74) is -0.670. The zero-order valence-electron chi connectivity index (χ0n) is 8.79. The largest absolute Gasteiger partial charge is 0.417 e. The molecule has 0 saturated carbocycles. The molecule has 1 aromatic heterocycles. The number of fused-ring (bicyclic) bond motifs is 3. The zero-order valence-corrected chi connectivity index (χ0v) is 9.61.